The van der Waals surface area contributed by atoms with Crippen molar-refractivity contribution in [2.75, 3.05) is 53.0 Å². The van der Waals surface area contributed by atoms with Gasteiger partial charge in [0.1, 0.15) is 11.6 Å². The highest BCUT2D eigenvalue weighted by molar-refractivity contribution is 5.74. The molecular weight excluding hydrogens is 385 g/mol. The number of fused-ring (bicyclic) bond motifs is 2. The number of morpholine rings is 1. The van der Waals surface area contributed by atoms with Crippen molar-refractivity contribution < 1.29 is 13.9 Å². The number of hydrogen-bond acceptors (Lipinski definition) is 4. The predicted molar refractivity (Wildman–Crippen MR) is 111 cm³/mol. The van der Waals surface area contributed by atoms with E-state index in [9.17, 15) is 9.18 Å². The number of carbonyl (C=O) groups excluding carboxylic acids is 1. The van der Waals surface area contributed by atoms with Crippen molar-refractivity contribution in [3.05, 3.63) is 42.1 Å². The SMILES string of the molecule is CN1CCn2c(-c3ccc(F)cc3)cnc2C12CCN(C(=O)N1CCOCC1)CC2. The van der Waals surface area contributed by atoms with Crippen LogP contribution in [0.1, 0.15) is 18.7 Å². The lowest BCUT2D eigenvalue weighted by molar-refractivity contribution is 0.00505. The molecule has 1 aromatic heterocycles. The molecule has 2 aromatic rings. The van der Waals surface area contributed by atoms with Gasteiger partial charge in [-0.25, -0.2) is 14.2 Å². The van der Waals surface area contributed by atoms with Crippen LogP contribution in [0.25, 0.3) is 11.3 Å². The molecule has 0 saturated carbocycles. The van der Waals surface area contributed by atoms with E-state index in [1.54, 1.807) is 0 Å². The Morgan fingerprint density at radius 1 is 1.00 bits per heavy atom. The van der Waals surface area contributed by atoms with Crippen LogP contribution in [0.4, 0.5) is 9.18 Å². The molecule has 0 atom stereocenters. The highest BCUT2D eigenvalue weighted by Gasteiger charge is 2.46. The summed E-state index contributed by atoms with van der Waals surface area (Å²) in [5, 5.41) is 0. The second-order valence-corrected chi connectivity index (χ2v) is 8.45. The number of hydrogen-bond donors (Lipinski definition) is 0. The Balaban J connectivity index is 1.38. The van der Waals surface area contributed by atoms with Crippen LogP contribution < -0.4 is 0 Å². The molecule has 1 spiro atoms. The third-order valence-corrected chi connectivity index (χ3v) is 6.94. The maximum Gasteiger partial charge on any atom is 0.320 e. The number of aromatic nitrogens is 2. The zero-order valence-corrected chi connectivity index (χ0v) is 17.4. The summed E-state index contributed by atoms with van der Waals surface area (Å²) < 4.78 is 21.0. The Morgan fingerprint density at radius 2 is 1.67 bits per heavy atom. The zero-order chi connectivity index (χ0) is 20.7. The third-order valence-electron chi connectivity index (χ3n) is 6.94. The molecule has 0 bridgehead atoms. The van der Waals surface area contributed by atoms with E-state index < -0.39 is 0 Å². The summed E-state index contributed by atoms with van der Waals surface area (Å²) in [6, 6.07) is 6.75. The third kappa shape index (κ3) is 3.18. The van der Waals surface area contributed by atoms with Crippen molar-refractivity contribution in [1.29, 1.82) is 0 Å². The number of imidazole rings is 1. The van der Waals surface area contributed by atoms with Crippen molar-refractivity contribution in [3.8, 4) is 11.3 Å². The first-order chi connectivity index (χ1) is 14.6. The number of piperidine rings is 1. The largest absolute Gasteiger partial charge is 0.378 e. The molecule has 0 unspecified atom stereocenters. The topological polar surface area (TPSA) is 53.8 Å². The summed E-state index contributed by atoms with van der Waals surface area (Å²) in [6.45, 7) is 5.81. The van der Waals surface area contributed by atoms with Crippen molar-refractivity contribution in [2.45, 2.75) is 24.9 Å². The maximum absolute atomic E-state index is 13.4. The number of halogens is 1. The number of amides is 2. The minimum absolute atomic E-state index is 0.127. The van der Waals surface area contributed by atoms with Crippen molar-refractivity contribution >= 4 is 6.03 Å². The van der Waals surface area contributed by atoms with Gasteiger partial charge in [-0.2, -0.15) is 0 Å². The number of likely N-dealkylation sites (tertiary alicyclic amines) is 1. The zero-order valence-electron chi connectivity index (χ0n) is 17.4. The molecule has 160 valence electrons. The van der Waals surface area contributed by atoms with E-state index in [1.165, 1.54) is 12.1 Å². The molecule has 2 fully saturated rings. The molecule has 7 nitrogen and oxygen atoms in total. The first kappa shape index (κ1) is 19.5. The van der Waals surface area contributed by atoms with Gasteiger partial charge in [-0.1, -0.05) is 0 Å². The van der Waals surface area contributed by atoms with Gasteiger partial charge in [0.2, 0.25) is 0 Å². The van der Waals surface area contributed by atoms with E-state index >= 15 is 0 Å². The summed E-state index contributed by atoms with van der Waals surface area (Å²) >= 11 is 0. The van der Waals surface area contributed by atoms with Gasteiger partial charge >= 0.3 is 6.03 Å². The smallest absolute Gasteiger partial charge is 0.320 e. The van der Waals surface area contributed by atoms with E-state index in [-0.39, 0.29) is 17.4 Å². The predicted octanol–water partition coefficient (Wildman–Crippen LogP) is 2.38. The molecule has 0 N–H and O–H groups in total. The van der Waals surface area contributed by atoms with Crippen LogP contribution in [0, 0.1) is 5.82 Å². The monoisotopic (exact) mass is 413 g/mol. The van der Waals surface area contributed by atoms with Crippen molar-refractivity contribution in [2.24, 2.45) is 0 Å². The minimum Gasteiger partial charge on any atom is -0.378 e. The van der Waals surface area contributed by atoms with Crippen LogP contribution in [0.2, 0.25) is 0 Å². The molecule has 3 aliphatic rings. The standard InChI is InChI=1S/C22H28FN5O2/c1-25-10-11-28-19(17-2-4-18(23)5-3-17)16-24-20(28)22(25)6-8-26(9-7-22)21(29)27-12-14-30-15-13-27/h2-5,16H,6-15H2,1H3. The number of nitrogens with zero attached hydrogens (tertiary/aromatic N) is 5. The van der Waals surface area contributed by atoms with Crippen LogP contribution in [-0.2, 0) is 16.8 Å². The summed E-state index contributed by atoms with van der Waals surface area (Å²) in [5.41, 5.74) is 1.84. The summed E-state index contributed by atoms with van der Waals surface area (Å²) in [4.78, 5) is 24.0. The van der Waals surface area contributed by atoms with Gasteiger partial charge in [0.05, 0.1) is 30.6 Å². The number of rotatable bonds is 1. The highest BCUT2D eigenvalue weighted by Crippen LogP contribution is 2.41. The van der Waals surface area contributed by atoms with E-state index in [1.807, 2.05) is 28.1 Å². The number of benzene rings is 1. The van der Waals surface area contributed by atoms with Crippen LogP contribution in [0.15, 0.2) is 30.5 Å². The highest BCUT2D eigenvalue weighted by atomic mass is 19.1. The van der Waals surface area contributed by atoms with Gasteiger partial charge in [0, 0.05) is 39.3 Å². The fourth-order valence-electron chi connectivity index (χ4n) is 5.09. The average Bonchev–Trinajstić information content (AvgIpc) is 3.23. The molecule has 1 aromatic carbocycles. The molecule has 2 amide bonds. The van der Waals surface area contributed by atoms with Gasteiger partial charge in [-0.15, -0.1) is 0 Å². The minimum atomic E-state index is -0.231. The quantitative estimate of drug-likeness (QED) is 0.720. The summed E-state index contributed by atoms with van der Waals surface area (Å²) in [6.07, 6.45) is 3.63. The van der Waals surface area contributed by atoms with E-state index in [2.05, 4.69) is 16.5 Å². The van der Waals surface area contributed by atoms with Crippen LogP contribution in [-0.4, -0.2) is 83.3 Å². The Labute approximate surface area is 176 Å². The van der Waals surface area contributed by atoms with E-state index in [0.29, 0.717) is 26.3 Å². The number of carbonyl (C=O) groups is 1. The molecule has 30 heavy (non-hydrogen) atoms. The first-order valence-electron chi connectivity index (χ1n) is 10.7. The van der Waals surface area contributed by atoms with Gasteiger partial charge in [0.15, 0.2) is 0 Å². The Kier molecular flexibility index (Phi) is 4.99. The number of likely N-dealkylation sites (N-methyl/N-ethyl adjacent to an activating group) is 1. The van der Waals surface area contributed by atoms with Crippen molar-refractivity contribution in [3.63, 3.8) is 0 Å². The number of urea groups is 1. The lowest BCUT2D eigenvalue weighted by atomic mass is 9.83. The van der Waals surface area contributed by atoms with E-state index in [4.69, 9.17) is 9.72 Å². The first-order valence-corrected chi connectivity index (χ1v) is 10.7. The molecular formula is C22H28FN5O2. The van der Waals surface area contributed by atoms with E-state index in [0.717, 1.165) is 56.1 Å². The average molecular weight is 413 g/mol. The second kappa shape index (κ2) is 7.67. The second-order valence-electron chi connectivity index (χ2n) is 8.45. The van der Waals surface area contributed by atoms with Crippen molar-refractivity contribution in [1.82, 2.24) is 24.3 Å². The molecule has 3 aliphatic heterocycles. The van der Waals surface area contributed by atoms with Crippen LogP contribution in [0.5, 0.6) is 0 Å². The Morgan fingerprint density at radius 3 is 2.37 bits per heavy atom. The van der Waals surface area contributed by atoms with Crippen LogP contribution >= 0.6 is 0 Å². The lowest BCUT2D eigenvalue weighted by Crippen LogP contribution is -2.58. The normalized spacial score (nSPS) is 21.7. The maximum atomic E-state index is 13.4. The number of ether oxygens (including phenoxy) is 1. The fourth-order valence-corrected chi connectivity index (χ4v) is 5.09. The molecule has 0 radical (unpaired) electrons. The molecule has 0 aliphatic carbocycles. The summed E-state index contributed by atoms with van der Waals surface area (Å²) in [7, 11) is 2.16. The van der Waals surface area contributed by atoms with Crippen LogP contribution in [0.3, 0.4) is 0 Å². The van der Waals surface area contributed by atoms with Gasteiger partial charge < -0.3 is 19.1 Å². The molecule has 2 saturated heterocycles. The Bertz CT molecular complexity index is 914. The van der Waals surface area contributed by atoms with Gasteiger partial charge in [-0.05, 0) is 49.7 Å². The van der Waals surface area contributed by atoms with Gasteiger partial charge in [-0.3, -0.25) is 4.90 Å². The fraction of sp³-hybridized carbons (Fsp3) is 0.545. The lowest BCUT2D eigenvalue weighted by Gasteiger charge is -2.50. The molecule has 8 heteroatoms. The molecule has 5 rings (SSSR count). The summed E-state index contributed by atoms with van der Waals surface area (Å²) in [5.74, 6) is 0.833. The Hall–Kier alpha value is -2.45. The van der Waals surface area contributed by atoms with Gasteiger partial charge in [0.25, 0.3) is 0 Å². The molecule has 4 heterocycles.